The molecule has 2 aromatic carbocycles. The van der Waals surface area contributed by atoms with Gasteiger partial charge in [0.05, 0.1) is 18.0 Å². The van der Waals surface area contributed by atoms with Gasteiger partial charge in [0.2, 0.25) is 11.8 Å². The Morgan fingerprint density at radius 3 is 2.57 bits per heavy atom. The Labute approximate surface area is 252 Å². The molecular formula is C32H29ClN4O4S. The minimum atomic E-state index is -1.00. The normalized spacial score (nSPS) is 15.5. The summed E-state index contributed by atoms with van der Waals surface area (Å²) in [6, 6.07) is 18.9. The first-order valence-electron chi connectivity index (χ1n) is 14.0. The molecule has 2 aromatic heterocycles. The zero-order chi connectivity index (χ0) is 29.2. The lowest BCUT2D eigenvalue weighted by molar-refractivity contribution is -0.140. The monoisotopic (exact) mass is 600 g/mol. The Bertz CT molecular complexity index is 1620. The van der Waals surface area contributed by atoms with E-state index in [1.807, 2.05) is 66.0 Å². The van der Waals surface area contributed by atoms with Gasteiger partial charge in [-0.25, -0.2) is 9.97 Å². The average Bonchev–Trinajstić information content (AvgIpc) is 3.53. The van der Waals surface area contributed by atoms with Gasteiger partial charge in [0.15, 0.2) is 5.13 Å². The second-order valence-electron chi connectivity index (χ2n) is 10.7. The number of hydrogen-bond donors (Lipinski definition) is 1. The molecular weight excluding hydrogens is 572 g/mol. The van der Waals surface area contributed by atoms with Crippen LogP contribution in [0.3, 0.4) is 0 Å². The van der Waals surface area contributed by atoms with E-state index in [-0.39, 0.29) is 24.3 Å². The second kappa shape index (κ2) is 12.0. The summed E-state index contributed by atoms with van der Waals surface area (Å²) in [7, 11) is 0. The number of amides is 2. The van der Waals surface area contributed by atoms with Crippen molar-refractivity contribution in [2.45, 2.75) is 44.6 Å². The van der Waals surface area contributed by atoms with Crippen LogP contribution in [0.5, 0.6) is 0 Å². The highest BCUT2D eigenvalue weighted by Gasteiger charge is 2.39. The summed E-state index contributed by atoms with van der Waals surface area (Å²) < 4.78 is 0. The molecule has 1 unspecified atom stereocenters. The summed E-state index contributed by atoms with van der Waals surface area (Å²) in [6.07, 6.45) is 4.93. The third kappa shape index (κ3) is 6.07. The predicted molar refractivity (Wildman–Crippen MR) is 164 cm³/mol. The standard InChI is InChI=1S/C32H29ClN4O4S/c33-23-9-12-25(21-8-13-28(34-18-21)36-14-4-7-29(36)38)26(17-23)27-19-42-32(35-27)37(24-10-11-24)31(41)22(16-30(39)40)15-20-5-2-1-3-6-20/h1-3,5-6,8-9,12-13,17-19,22,24H,4,7,10-11,14-16H2,(H,39,40). The fraction of sp³-hybridized carbons (Fsp3) is 0.281. The van der Waals surface area contributed by atoms with Crippen LogP contribution in [0.25, 0.3) is 22.4 Å². The van der Waals surface area contributed by atoms with Crippen molar-refractivity contribution in [3.63, 3.8) is 0 Å². The topological polar surface area (TPSA) is 104 Å². The largest absolute Gasteiger partial charge is 0.481 e. The number of anilines is 2. The van der Waals surface area contributed by atoms with Crippen LogP contribution in [0, 0.1) is 5.92 Å². The van der Waals surface area contributed by atoms with E-state index in [4.69, 9.17) is 16.6 Å². The summed E-state index contributed by atoms with van der Waals surface area (Å²) >= 11 is 7.79. The number of pyridine rings is 1. The van der Waals surface area contributed by atoms with Gasteiger partial charge in [0.25, 0.3) is 0 Å². The summed E-state index contributed by atoms with van der Waals surface area (Å²) in [6.45, 7) is 0.674. The number of hydrogen-bond acceptors (Lipinski definition) is 6. The molecule has 42 heavy (non-hydrogen) atoms. The van der Waals surface area contributed by atoms with Crippen molar-refractivity contribution >= 4 is 51.7 Å². The number of carboxylic acid groups (broad SMARTS) is 1. The number of rotatable bonds is 10. The molecule has 1 N–H and O–H groups in total. The van der Waals surface area contributed by atoms with Gasteiger partial charge in [-0.2, -0.15) is 0 Å². The highest BCUT2D eigenvalue weighted by Crippen LogP contribution is 2.40. The molecule has 0 spiro atoms. The number of carbonyl (C=O) groups excluding carboxylic acids is 2. The van der Waals surface area contributed by atoms with Crippen LogP contribution in [0.1, 0.15) is 37.7 Å². The summed E-state index contributed by atoms with van der Waals surface area (Å²) in [5.74, 6) is -1.20. The number of benzene rings is 2. The molecule has 0 bridgehead atoms. The van der Waals surface area contributed by atoms with E-state index in [1.54, 1.807) is 16.0 Å². The van der Waals surface area contributed by atoms with Crippen LogP contribution in [0.15, 0.2) is 72.2 Å². The Morgan fingerprint density at radius 2 is 1.90 bits per heavy atom. The molecule has 1 aliphatic heterocycles. The van der Waals surface area contributed by atoms with Crippen LogP contribution in [-0.2, 0) is 20.8 Å². The lowest BCUT2D eigenvalue weighted by Gasteiger charge is -2.25. The van der Waals surface area contributed by atoms with Crippen LogP contribution < -0.4 is 9.80 Å². The van der Waals surface area contributed by atoms with Gasteiger partial charge in [0, 0.05) is 46.7 Å². The van der Waals surface area contributed by atoms with Gasteiger partial charge in [0.1, 0.15) is 5.82 Å². The highest BCUT2D eigenvalue weighted by molar-refractivity contribution is 7.14. The molecule has 214 valence electrons. The molecule has 1 saturated carbocycles. The second-order valence-corrected chi connectivity index (χ2v) is 12.0. The van der Waals surface area contributed by atoms with Crippen molar-refractivity contribution in [1.29, 1.82) is 0 Å². The highest BCUT2D eigenvalue weighted by atomic mass is 35.5. The summed E-state index contributed by atoms with van der Waals surface area (Å²) in [4.78, 5) is 50.7. The van der Waals surface area contributed by atoms with E-state index in [0.717, 1.165) is 41.5 Å². The molecule has 2 fully saturated rings. The number of aromatic nitrogens is 2. The number of thiazole rings is 1. The number of aliphatic carboxylic acids is 1. The minimum absolute atomic E-state index is 0.00689. The SMILES string of the molecule is O=C(O)CC(Cc1ccccc1)C(=O)N(c1nc(-c2cc(Cl)ccc2-c2ccc(N3CCCC3=O)nc2)cs1)C1CC1. The molecule has 1 aliphatic carbocycles. The molecule has 4 aromatic rings. The number of halogens is 1. The summed E-state index contributed by atoms with van der Waals surface area (Å²) in [5, 5.41) is 12.6. The molecule has 2 amide bonds. The molecule has 2 aliphatic rings. The van der Waals surface area contributed by atoms with Gasteiger partial charge in [-0.05, 0) is 61.1 Å². The lowest BCUT2D eigenvalue weighted by Crippen LogP contribution is -2.39. The molecule has 3 heterocycles. The molecule has 1 atom stereocenters. The van der Waals surface area contributed by atoms with Gasteiger partial charge < -0.3 is 5.11 Å². The minimum Gasteiger partial charge on any atom is -0.481 e. The van der Waals surface area contributed by atoms with Crippen molar-refractivity contribution in [2.24, 2.45) is 5.92 Å². The third-order valence-corrected chi connectivity index (χ3v) is 8.68. The van der Waals surface area contributed by atoms with Crippen molar-refractivity contribution in [2.75, 3.05) is 16.3 Å². The first kappa shape index (κ1) is 28.1. The van der Waals surface area contributed by atoms with Gasteiger partial charge >= 0.3 is 5.97 Å². The first-order valence-corrected chi connectivity index (χ1v) is 15.2. The first-order chi connectivity index (χ1) is 20.4. The maximum absolute atomic E-state index is 13.9. The molecule has 8 nitrogen and oxygen atoms in total. The molecule has 1 saturated heterocycles. The zero-order valence-corrected chi connectivity index (χ0v) is 24.4. The van der Waals surface area contributed by atoms with Crippen LogP contribution in [-0.4, -0.2) is 45.4 Å². The zero-order valence-electron chi connectivity index (χ0n) is 22.8. The van der Waals surface area contributed by atoms with E-state index in [2.05, 4.69) is 4.98 Å². The van der Waals surface area contributed by atoms with Crippen molar-refractivity contribution in [3.05, 3.63) is 82.8 Å². The van der Waals surface area contributed by atoms with Gasteiger partial charge in [-0.3, -0.25) is 24.2 Å². The van der Waals surface area contributed by atoms with Crippen molar-refractivity contribution < 1.29 is 19.5 Å². The Morgan fingerprint density at radius 1 is 1.10 bits per heavy atom. The Balaban J connectivity index is 1.30. The van der Waals surface area contributed by atoms with Crippen molar-refractivity contribution in [3.8, 4) is 22.4 Å². The quantitative estimate of drug-likeness (QED) is 0.223. The van der Waals surface area contributed by atoms with Gasteiger partial charge in [-0.15, -0.1) is 11.3 Å². The number of nitrogens with zero attached hydrogens (tertiary/aromatic N) is 4. The Hall–Kier alpha value is -4.08. The van der Waals surface area contributed by atoms with Gasteiger partial charge in [-0.1, -0.05) is 48.0 Å². The predicted octanol–water partition coefficient (Wildman–Crippen LogP) is 6.48. The number of carbonyl (C=O) groups is 3. The maximum atomic E-state index is 13.9. The van der Waals surface area contributed by atoms with E-state index in [0.29, 0.717) is 41.1 Å². The van der Waals surface area contributed by atoms with Crippen LogP contribution in [0.4, 0.5) is 10.9 Å². The average molecular weight is 601 g/mol. The van der Waals surface area contributed by atoms with Crippen LogP contribution >= 0.6 is 22.9 Å². The summed E-state index contributed by atoms with van der Waals surface area (Å²) in [5.41, 5.74) is 4.12. The fourth-order valence-corrected chi connectivity index (χ4v) is 6.46. The third-order valence-electron chi connectivity index (χ3n) is 7.61. The number of carboxylic acids is 1. The smallest absolute Gasteiger partial charge is 0.304 e. The molecule has 6 rings (SSSR count). The van der Waals surface area contributed by atoms with Crippen LogP contribution in [0.2, 0.25) is 5.02 Å². The fourth-order valence-electron chi connectivity index (χ4n) is 5.39. The van der Waals surface area contributed by atoms with E-state index < -0.39 is 11.9 Å². The van der Waals surface area contributed by atoms with E-state index in [1.165, 1.54) is 11.3 Å². The lowest BCUT2D eigenvalue weighted by atomic mass is 9.94. The van der Waals surface area contributed by atoms with E-state index in [9.17, 15) is 19.5 Å². The molecule has 10 heteroatoms. The molecule has 0 radical (unpaired) electrons. The van der Waals surface area contributed by atoms with Crippen molar-refractivity contribution in [1.82, 2.24) is 9.97 Å². The van der Waals surface area contributed by atoms with E-state index >= 15 is 0 Å². The maximum Gasteiger partial charge on any atom is 0.304 e. The Kier molecular flexibility index (Phi) is 8.04.